The highest BCUT2D eigenvalue weighted by molar-refractivity contribution is 8.33. The Kier molecular flexibility index (Phi) is 8.45. The van der Waals surface area contributed by atoms with Gasteiger partial charge in [0, 0.05) is 32.6 Å². The third kappa shape index (κ3) is 5.94. The summed E-state index contributed by atoms with van der Waals surface area (Å²) in [5, 5.41) is 6.31. The lowest BCUT2D eigenvalue weighted by Gasteiger charge is -2.29. The Balaban J connectivity index is 0.971. The quantitative estimate of drug-likeness (QED) is 0.158. The summed E-state index contributed by atoms with van der Waals surface area (Å²) in [4.78, 5) is 2.91. The summed E-state index contributed by atoms with van der Waals surface area (Å²) in [7, 11) is -1.26. The highest BCUT2D eigenvalue weighted by Crippen LogP contribution is 2.68. The van der Waals surface area contributed by atoms with E-state index in [0.29, 0.717) is 0 Å². The second-order valence-corrected chi connectivity index (χ2v) is 20.5. The first kappa shape index (κ1) is 36.5. The predicted molar refractivity (Wildman–Crippen MR) is 267 cm³/mol. The van der Waals surface area contributed by atoms with E-state index in [4.69, 9.17) is 0 Å². The van der Waals surface area contributed by atoms with Gasteiger partial charge < -0.3 is 4.57 Å². The van der Waals surface area contributed by atoms with Crippen molar-refractivity contribution in [2.75, 3.05) is 12.5 Å². The van der Waals surface area contributed by atoms with Gasteiger partial charge in [0.05, 0.1) is 5.52 Å². The molecule has 10 aromatic carbocycles. The molecule has 2 heteroatoms. The molecule has 1 aliphatic rings. The minimum atomic E-state index is -1.26. The Bertz CT molecular complexity index is 3510. The van der Waals surface area contributed by atoms with E-state index in [1.165, 1.54) is 115 Å². The number of hydrogen-bond acceptors (Lipinski definition) is 0. The molecule has 0 fully saturated rings. The zero-order chi connectivity index (χ0) is 41.4. The fraction of sp³-hybridized carbons (Fsp3) is 0.0333. The van der Waals surface area contributed by atoms with Crippen molar-refractivity contribution in [2.45, 2.75) is 9.79 Å². The second-order valence-electron chi connectivity index (χ2n) is 16.9. The topological polar surface area (TPSA) is 4.93 Å². The number of rotatable bonds is 6. The van der Waals surface area contributed by atoms with Gasteiger partial charge in [0.1, 0.15) is 0 Å². The number of hydrogen-bond donors (Lipinski definition) is 0. The van der Waals surface area contributed by atoms with Gasteiger partial charge in [-0.3, -0.25) is 0 Å². The maximum absolute atomic E-state index is 2.47. The van der Waals surface area contributed by atoms with E-state index < -0.39 is 10.0 Å². The number of fused-ring (bicyclic) bond motifs is 6. The fourth-order valence-corrected chi connectivity index (χ4v) is 12.4. The molecule has 11 aromatic rings. The van der Waals surface area contributed by atoms with Crippen LogP contribution in [0.2, 0.25) is 0 Å². The van der Waals surface area contributed by atoms with Gasteiger partial charge in [0.15, 0.2) is 0 Å². The maximum Gasteiger partial charge on any atom is 0.0535 e. The summed E-state index contributed by atoms with van der Waals surface area (Å²) in [5.74, 6) is 0. The number of aromatic nitrogens is 1. The molecule has 0 amide bonds. The normalized spacial score (nSPS) is 13.3. The Hall–Kier alpha value is -7.39. The van der Waals surface area contributed by atoms with Crippen molar-refractivity contribution < 1.29 is 0 Å². The van der Waals surface area contributed by atoms with Crippen LogP contribution < -0.4 is 0 Å². The van der Waals surface area contributed by atoms with Gasteiger partial charge in [-0.05, 0) is 126 Å². The van der Waals surface area contributed by atoms with Crippen LogP contribution >= 0.6 is 10.0 Å². The van der Waals surface area contributed by atoms with Crippen molar-refractivity contribution in [3.63, 3.8) is 0 Å². The molecule has 0 aliphatic carbocycles. The molecule has 0 saturated carbocycles. The Morgan fingerprint density at radius 3 is 1.42 bits per heavy atom. The maximum atomic E-state index is 2.47. The van der Waals surface area contributed by atoms with E-state index in [0.717, 1.165) is 0 Å². The molecule has 0 unspecified atom stereocenters. The number of benzene rings is 10. The fourth-order valence-electron chi connectivity index (χ4n) is 9.88. The smallest absolute Gasteiger partial charge is 0.0535 e. The Labute approximate surface area is 364 Å². The Morgan fingerprint density at radius 2 is 0.774 bits per heavy atom. The summed E-state index contributed by atoms with van der Waals surface area (Å²) < 4.78 is 2.42. The minimum absolute atomic E-state index is 1.19. The molecule has 2 heterocycles. The first-order valence-corrected chi connectivity index (χ1v) is 23.8. The van der Waals surface area contributed by atoms with Crippen molar-refractivity contribution in [1.29, 1.82) is 0 Å². The largest absolute Gasteiger partial charge is 0.316 e. The highest BCUT2D eigenvalue weighted by Gasteiger charge is 2.32. The molecule has 1 nitrogen and oxygen atoms in total. The summed E-state index contributed by atoms with van der Waals surface area (Å²) in [6, 6.07) is 80.8. The van der Waals surface area contributed by atoms with Gasteiger partial charge in [-0.15, -0.1) is 0 Å². The molecule has 1 aliphatic heterocycles. The van der Waals surface area contributed by atoms with Gasteiger partial charge >= 0.3 is 0 Å². The standard InChI is InChI=1S/C60H43NS/c1-62(2)59-37-48(40-12-4-3-5-13-40)30-33-54(59)55-34-32-49(38-60(55)62)61-39-57(46-28-26-45(27-29-46)53-21-11-17-43-15-7-9-19-51(43)53)56-36-47(31-35-58(56)61)41-22-24-44(25-23-41)52-20-10-16-42-14-6-8-18-50(42)52/h3-39H,1-2H3. The first-order valence-electron chi connectivity index (χ1n) is 21.4. The molecular formula is C60H43NS. The first-order chi connectivity index (χ1) is 30.5. The van der Waals surface area contributed by atoms with Gasteiger partial charge in [-0.25, -0.2) is 0 Å². The summed E-state index contributed by atoms with van der Waals surface area (Å²) in [5.41, 5.74) is 17.5. The predicted octanol–water partition coefficient (Wildman–Crippen LogP) is 16.7. The lowest BCUT2D eigenvalue weighted by atomic mass is 9.94. The molecule has 0 bridgehead atoms. The van der Waals surface area contributed by atoms with Crippen molar-refractivity contribution in [2.24, 2.45) is 0 Å². The van der Waals surface area contributed by atoms with E-state index in [2.05, 4.69) is 242 Å². The zero-order valence-corrected chi connectivity index (χ0v) is 35.5. The molecule has 0 saturated heterocycles. The Morgan fingerprint density at radius 1 is 0.306 bits per heavy atom. The highest BCUT2D eigenvalue weighted by atomic mass is 32.3. The zero-order valence-electron chi connectivity index (χ0n) is 34.7. The minimum Gasteiger partial charge on any atom is -0.316 e. The van der Waals surface area contributed by atoms with Crippen LogP contribution in [0.1, 0.15) is 0 Å². The monoisotopic (exact) mass is 809 g/mol. The molecule has 0 spiro atoms. The third-order valence-corrected chi connectivity index (χ3v) is 16.0. The van der Waals surface area contributed by atoms with Crippen molar-refractivity contribution in [3.8, 4) is 72.4 Å². The lowest BCUT2D eigenvalue weighted by Crippen LogP contribution is -1.96. The van der Waals surface area contributed by atoms with Crippen LogP contribution in [-0.4, -0.2) is 17.1 Å². The van der Waals surface area contributed by atoms with Crippen LogP contribution in [0.3, 0.4) is 0 Å². The van der Waals surface area contributed by atoms with E-state index in [1.54, 1.807) is 0 Å². The molecule has 1 aromatic heterocycles. The second kappa shape index (κ2) is 14.4. The van der Waals surface area contributed by atoms with E-state index in [9.17, 15) is 0 Å². The van der Waals surface area contributed by atoms with E-state index in [-0.39, 0.29) is 0 Å². The van der Waals surface area contributed by atoms with Crippen LogP contribution in [0.15, 0.2) is 234 Å². The number of nitrogens with zero attached hydrogens (tertiary/aromatic N) is 1. The third-order valence-electron chi connectivity index (χ3n) is 13.1. The van der Waals surface area contributed by atoms with Crippen molar-refractivity contribution >= 4 is 42.5 Å². The van der Waals surface area contributed by atoms with Gasteiger partial charge in [0.25, 0.3) is 0 Å². The van der Waals surface area contributed by atoms with Crippen LogP contribution in [0.25, 0.3) is 105 Å². The molecule has 0 atom stereocenters. The lowest BCUT2D eigenvalue weighted by molar-refractivity contribution is 1.12. The summed E-state index contributed by atoms with van der Waals surface area (Å²) in [6.45, 7) is 0. The van der Waals surface area contributed by atoms with Gasteiger partial charge in [-0.1, -0.05) is 188 Å². The summed E-state index contributed by atoms with van der Waals surface area (Å²) >= 11 is 0. The molecule has 62 heavy (non-hydrogen) atoms. The molecule has 294 valence electrons. The van der Waals surface area contributed by atoms with Crippen LogP contribution in [0.5, 0.6) is 0 Å². The molecular weight excluding hydrogens is 767 g/mol. The van der Waals surface area contributed by atoms with Crippen molar-refractivity contribution in [3.05, 3.63) is 225 Å². The van der Waals surface area contributed by atoms with Crippen LogP contribution in [0, 0.1) is 0 Å². The SMILES string of the molecule is CS1(C)c2cc(-c3ccccc3)ccc2-c2ccc(-n3cc(-c4ccc(-c5cccc6ccccc56)cc4)c4cc(-c5ccc(-c6cccc7ccccc67)cc5)ccc43)cc21. The van der Waals surface area contributed by atoms with Crippen molar-refractivity contribution in [1.82, 2.24) is 4.57 Å². The van der Waals surface area contributed by atoms with E-state index in [1.807, 2.05) is 0 Å². The average Bonchev–Trinajstić information content (AvgIpc) is 3.82. The molecule has 12 rings (SSSR count). The van der Waals surface area contributed by atoms with Gasteiger partial charge in [0.2, 0.25) is 0 Å². The van der Waals surface area contributed by atoms with Gasteiger partial charge in [-0.2, -0.15) is 10.0 Å². The van der Waals surface area contributed by atoms with E-state index >= 15 is 0 Å². The van der Waals surface area contributed by atoms with Crippen LogP contribution in [0.4, 0.5) is 0 Å². The van der Waals surface area contributed by atoms with Crippen LogP contribution in [-0.2, 0) is 0 Å². The molecule has 0 N–H and O–H groups in total. The molecule has 0 radical (unpaired) electrons. The average molecular weight is 810 g/mol. The summed E-state index contributed by atoms with van der Waals surface area (Å²) in [6.07, 6.45) is 7.29.